The molecule has 0 saturated carbocycles. The molecule has 2 rings (SSSR count). The number of nitrogens with two attached hydrogens (primary N) is 1. The van der Waals surface area contributed by atoms with Crippen LogP contribution in [0.1, 0.15) is 6.42 Å². The molecular formula is C10H12BrN3O. The number of rotatable bonds is 3. The van der Waals surface area contributed by atoms with Gasteiger partial charge in [-0.2, -0.15) is 0 Å². The molecule has 0 radical (unpaired) electrons. The second-order valence-corrected chi connectivity index (χ2v) is 4.25. The number of halogens is 1. The normalized spacial score (nSPS) is 11.1. The first-order valence-corrected chi connectivity index (χ1v) is 5.54. The Morgan fingerprint density at radius 2 is 2.27 bits per heavy atom. The average molecular weight is 270 g/mol. The first-order chi connectivity index (χ1) is 7.22. The molecule has 3 N–H and O–H groups in total. The lowest BCUT2D eigenvalue weighted by molar-refractivity contribution is 0.281. The van der Waals surface area contributed by atoms with Crippen LogP contribution in [0.2, 0.25) is 0 Å². The monoisotopic (exact) mass is 269 g/mol. The van der Waals surface area contributed by atoms with E-state index in [1.165, 1.54) is 0 Å². The van der Waals surface area contributed by atoms with E-state index in [9.17, 15) is 0 Å². The van der Waals surface area contributed by atoms with Gasteiger partial charge in [-0.1, -0.05) is 15.9 Å². The van der Waals surface area contributed by atoms with E-state index in [2.05, 4.69) is 20.9 Å². The molecule has 0 bridgehead atoms. The molecular weight excluding hydrogens is 258 g/mol. The number of aliphatic hydroxyl groups is 1. The van der Waals surface area contributed by atoms with Gasteiger partial charge in [0.05, 0.1) is 11.0 Å². The maximum atomic E-state index is 8.80. The Morgan fingerprint density at radius 1 is 1.47 bits per heavy atom. The maximum absolute atomic E-state index is 8.80. The molecule has 2 aromatic rings. The Hall–Kier alpha value is -1.07. The lowest BCUT2D eigenvalue weighted by atomic mass is 10.3. The molecule has 0 spiro atoms. The molecule has 80 valence electrons. The molecule has 0 saturated heterocycles. The highest BCUT2D eigenvalue weighted by Crippen LogP contribution is 2.22. The molecule has 1 aromatic carbocycles. The van der Waals surface area contributed by atoms with Gasteiger partial charge in [-0.25, -0.2) is 4.98 Å². The standard InChI is InChI=1S/C10H12BrN3O/c11-7-2-3-8-9(6-7)14(4-1-5-15)10(12)13-8/h2-3,6,15H,1,4-5H2,(H2,12,13). The average Bonchev–Trinajstić information content (AvgIpc) is 2.51. The maximum Gasteiger partial charge on any atom is 0.201 e. The van der Waals surface area contributed by atoms with Crippen molar-refractivity contribution in [1.29, 1.82) is 0 Å². The summed E-state index contributed by atoms with van der Waals surface area (Å²) in [7, 11) is 0. The van der Waals surface area contributed by atoms with Gasteiger partial charge in [0.15, 0.2) is 0 Å². The topological polar surface area (TPSA) is 64.1 Å². The second kappa shape index (κ2) is 4.20. The Balaban J connectivity index is 2.50. The van der Waals surface area contributed by atoms with E-state index < -0.39 is 0 Å². The van der Waals surface area contributed by atoms with Crippen LogP contribution in [0.25, 0.3) is 11.0 Å². The molecule has 1 heterocycles. The Bertz CT molecular complexity index is 481. The largest absolute Gasteiger partial charge is 0.396 e. The summed E-state index contributed by atoms with van der Waals surface area (Å²) in [5, 5.41) is 8.80. The van der Waals surface area contributed by atoms with Crippen LogP contribution < -0.4 is 5.73 Å². The third-order valence-electron chi connectivity index (χ3n) is 2.28. The van der Waals surface area contributed by atoms with Crippen LogP contribution >= 0.6 is 15.9 Å². The predicted molar refractivity (Wildman–Crippen MR) is 63.5 cm³/mol. The first-order valence-electron chi connectivity index (χ1n) is 4.74. The fourth-order valence-corrected chi connectivity index (χ4v) is 1.93. The number of hydrogen-bond donors (Lipinski definition) is 2. The van der Waals surface area contributed by atoms with Crippen molar-refractivity contribution in [3.8, 4) is 0 Å². The predicted octanol–water partition coefficient (Wildman–Crippen LogP) is 1.76. The van der Waals surface area contributed by atoms with Gasteiger partial charge in [-0.05, 0) is 24.6 Å². The summed E-state index contributed by atoms with van der Waals surface area (Å²) in [4.78, 5) is 4.25. The zero-order valence-electron chi connectivity index (χ0n) is 8.15. The van der Waals surface area contributed by atoms with Gasteiger partial charge < -0.3 is 15.4 Å². The van der Waals surface area contributed by atoms with Crippen LogP contribution in [0.3, 0.4) is 0 Å². The molecule has 15 heavy (non-hydrogen) atoms. The van der Waals surface area contributed by atoms with Crippen molar-refractivity contribution in [2.75, 3.05) is 12.3 Å². The Labute approximate surface area is 95.8 Å². The summed E-state index contributed by atoms with van der Waals surface area (Å²) in [6.07, 6.45) is 0.683. The zero-order chi connectivity index (χ0) is 10.8. The number of benzene rings is 1. The van der Waals surface area contributed by atoms with Gasteiger partial charge in [-0.3, -0.25) is 0 Å². The minimum atomic E-state index is 0.160. The summed E-state index contributed by atoms with van der Waals surface area (Å²) in [5.41, 5.74) is 7.68. The smallest absolute Gasteiger partial charge is 0.201 e. The van der Waals surface area contributed by atoms with Crippen LogP contribution in [0.5, 0.6) is 0 Å². The number of anilines is 1. The van der Waals surface area contributed by atoms with E-state index in [1.54, 1.807) is 0 Å². The number of aryl methyl sites for hydroxylation is 1. The Kier molecular flexibility index (Phi) is 2.93. The van der Waals surface area contributed by atoms with E-state index in [-0.39, 0.29) is 6.61 Å². The Morgan fingerprint density at radius 3 is 3.00 bits per heavy atom. The molecule has 5 heteroatoms. The third-order valence-corrected chi connectivity index (χ3v) is 2.77. The molecule has 0 unspecified atom stereocenters. The molecule has 4 nitrogen and oxygen atoms in total. The lowest BCUT2D eigenvalue weighted by Crippen LogP contribution is -2.04. The minimum Gasteiger partial charge on any atom is -0.396 e. The third kappa shape index (κ3) is 1.98. The van der Waals surface area contributed by atoms with Gasteiger partial charge in [0.2, 0.25) is 5.95 Å². The van der Waals surface area contributed by atoms with E-state index in [1.807, 2.05) is 22.8 Å². The van der Waals surface area contributed by atoms with Crippen molar-refractivity contribution in [1.82, 2.24) is 9.55 Å². The van der Waals surface area contributed by atoms with Crippen LogP contribution in [-0.2, 0) is 6.54 Å². The number of imidazole rings is 1. The molecule has 0 fully saturated rings. The fourth-order valence-electron chi connectivity index (χ4n) is 1.58. The quantitative estimate of drug-likeness (QED) is 0.893. The number of nitrogen functional groups attached to an aromatic ring is 1. The van der Waals surface area contributed by atoms with Gasteiger partial charge in [-0.15, -0.1) is 0 Å². The van der Waals surface area contributed by atoms with E-state index >= 15 is 0 Å². The molecule has 0 aliphatic carbocycles. The summed E-state index contributed by atoms with van der Waals surface area (Å²) in [6, 6.07) is 5.84. The summed E-state index contributed by atoms with van der Waals surface area (Å²) in [5.74, 6) is 0.497. The van der Waals surface area contributed by atoms with E-state index in [4.69, 9.17) is 10.8 Å². The molecule has 0 atom stereocenters. The highest BCUT2D eigenvalue weighted by Gasteiger charge is 2.07. The van der Waals surface area contributed by atoms with Gasteiger partial charge >= 0.3 is 0 Å². The molecule has 1 aromatic heterocycles. The van der Waals surface area contributed by atoms with Crippen LogP contribution in [0.4, 0.5) is 5.95 Å². The van der Waals surface area contributed by atoms with Gasteiger partial charge in [0.1, 0.15) is 0 Å². The zero-order valence-corrected chi connectivity index (χ0v) is 9.74. The van der Waals surface area contributed by atoms with E-state index in [0.29, 0.717) is 18.9 Å². The number of fused-ring (bicyclic) bond motifs is 1. The van der Waals surface area contributed by atoms with Crippen molar-refractivity contribution in [2.24, 2.45) is 0 Å². The summed E-state index contributed by atoms with van der Waals surface area (Å²) in [6.45, 7) is 0.850. The van der Waals surface area contributed by atoms with Crippen molar-refractivity contribution in [2.45, 2.75) is 13.0 Å². The minimum absolute atomic E-state index is 0.160. The van der Waals surface area contributed by atoms with Gasteiger partial charge in [0, 0.05) is 17.6 Å². The number of aliphatic hydroxyl groups excluding tert-OH is 1. The van der Waals surface area contributed by atoms with Crippen molar-refractivity contribution in [3.63, 3.8) is 0 Å². The number of aromatic nitrogens is 2. The summed E-state index contributed by atoms with van der Waals surface area (Å²) >= 11 is 3.41. The van der Waals surface area contributed by atoms with Gasteiger partial charge in [0.25, 0.3) is 0 Å². The van der Waals surface area contributed by atoms with Crippen LogP contribution in [0.15, 0.2) is 22.7 Å². The van der Waals surface area contributed by atoms with Crippen LogP contribution in [0, 0.1) is 0 Å². The highest BCUT2D eigenvalue weighted by molar-refractivity contribution is 9.10. The van der Waals surface area contributed by atoms with Crippen LogP contribution in [-0.4, -0.2) is 21.3 Å². The van der Waals surface area contributed by atoms with E-state index in [0.717, 1.165) is 15.5 Å². The lowest BCUT2D eigenvalue weighted by Gasteiger charge is -2.04. The molecule has 0 aliphatic rings. The first kappa shape index (κ1) is 10.4. The fraction of sp³-hybridized carbons (Fsp3) is 0.300. The van der Waals surface area contributed by atoms with Crippen molar-refractivity contribution in [3.05, 3.63) is 22.7 Å². The SMILES string of the molecule is Nc1nc2ccc(Br)cc2n1CCCO. The van der Waals surface area contributed by atoms with Crippen molar-refractivity contribution >= 4 is 32.9 Å². The second-order valence-electron chi connectivity index (χ2n) is 3.33. The number of nitrogens with zero attached hydrogens (tertiary/aromatic N) is 2. The molecule has 0 aliphatic heterocycles. The summed E-state index contributed by atoms with van der Waals surface area (Å²) < 4.78 is 2.91. The highest BCUT2D eigenvalue weighted by atomic mass is 79.9. The van der Waals surface area contributed by atoms with Crippen molar-refractivity contribution < 1.29 is 5.11 Å². The number of hydrogen-bond acceptors (Lipinski definition) is 3. The molecule has 0 amide bonds.